The summed E-state index contributed by atoms with van der Waals surface area (Å²) in [6.07, 6.45) is 0.882. The van der Waals surface area contributed by atoms with E-state index < -0.39 is 0 Å². The normalized spacial score (nSPS) is 10.7. The second-order valence-corrected chi connectivity index (χ2v) is 5.71. The van der Waals surface area contributed by atoms with E-state index in [9.17, 15) is 4.79 Å². The first-order valence-electron chi connectivity index (χ1n) is 7.72. The van der Waals surface area contributed by atoms with Crippen molar-refractivity contribution in [2.45, 2.75) is 13.3 Å². The topological polar surface area (TPSA) is 74.8 Å². The van der Waals surface area contributed by atoms with Gasteiger partial charge in [0.05, 0.1) is 0 Å². The SMILES string of the molecule is CCNC(=NCCCOC)NCCNC(=O)c1ccc(Br)cc1.I. The molecule has 0 fully saturated rings. The lowest BCUT2D eigenvalue weighted by atomic mass is 10.2. The summed E-state index contributed by atoms with van der Waals surface area (Å²) in [6, 6.07) is 7.27. The van der Waals surface area contributed by atoms with Gasteiger partial charge in [0.2, 0.25) is 0 Å². The monoisotopic (exact) mass is 512 g/mol. The molecular formula is C16H26BrIN4O2. The minimum absolute atomic E-state index is 0. The van der Waals surface area contributed by atoms with Gasteiger partial charge in [0.1, 0.15) is 0 Å². The second-order valence-electron chi connectivity index (χ2n) is 4.80. The number of halogens is 2. The molecule has 0 unspecified atom stereocenters. The molecule has 0 heterocycles. The number of aliphatic imine (C=N–C) groups is 1. The van der Waals surface area contributed by atoms with E-state index in [0.717, 1.165) is 23.4 Å². The lowest BCUT2D eigenvalue weighted by Gasteiger charge is -2.12. The molecule has 0 saturated carbocycles. The van der Waals surface area contributed by atoms with E-state index in [4.69, 9.17) is 4.74 Å². The largest absolute Gasteiger partial charge is 0.385 e. The Morgan fingerprint density at radius 2 is 1.83 bits per heavy atom. The Kier molecular flexibility index (Phi) is 13.9. The van der Waals surface area contributed by atoms with E-state index >= 15 is 0 Å². The highest BCUT2D eigenvalue weighted by Gasteiger charge is 2.04. The summed E-state index contributed by atoms with van der Waals surface area (Å²) in [4.78, 5) is 16.4. The number of nitrogens with one attached hydrogen (secondary N) is 3. The van der Waals surface area contributed by atoms with Crippen molar-refractivity contribution < 1.29 is 9.53 Å². The maximum absolute atomic E-state index is 12.0. The molecule has 0 spiro atoms. The number of methoxy groups -OCH3 is 1. The predicted molar refractivity (Wildman–Crippen MR) is 112 cm³/mol. The third-order valence-electron chi connectivity index (χ3n) is 2.93. The van der Waals surface area contributed by atoms with Crippen molar-refractivity contribution in [2.24, 2.45) is 4.99 Å². The number of hydrogen-bond donors (Lipinski definition) is 3. The minimum Gasteiger partial charge on any atom is -0.385 e. The van der Waals surface area contributed by atoms with Crippen LogP contribution in [0.5, 0.6) is 0 Å². The third-order valence-corrected chi connectivity index (χ3v) is 3.46. The smallest absolute Gasteiger partial charge is 0.251 e. The van der Waals surface area contributed by atoms with Crippen molar-refractivity contribution in [1.29, 1.82) is 0 Å². The van der Waals surface area contributed by atoms with E-state index in [1.165, 1.54) is 0 Å². The van der Waals surface area contributed by atoms with Gasteiger partial charge >= 0.3 is 0 Å². The molecule has 0 aromatic heterocycles. The summed E-state index contributed by atoms with van der Waals surface area (Å²) in [5, 5.41) is 9.23. The van der Waals surface area contributed by atoms with Gasteiger partial charge in [-0.3, -0.25) is 9.79 Å². The molecule has 24 heavy (non-hydrogen) atoms. The van der Waals surface area contributed by atoms with Gasteiger partial charge in [-0.2, -0.15) is 0 Å². The van der Waals surface area contributed by atoms with Gasteiger partial charge in [-0.1, -0.05) is 15.9 Å². The van der Waals surface area contributed by atoms with Crippen LogP contribution in [0.1, 0.15) is 23.7 Å². The van der Waals surface area contributed by atoms with Crippen LogP contribution in [0.2, 0.25) is 0 Å². The van der Waals surface area contributed by atoms with Gasteiger partial charge in [-0.25, -0.2) is 0 Å². The Morgan fingerprint density at radius 1 is 1.17 bits per heavy atom. The van der Waals surface area contributed by atoms with E-state index in [2.05, 4.69) is 36.9 Å². The molecule has 1 aromatic carbocycles. The molecule has 3 N–H and O–H groups in total. The first-order chi connectivity index (χ1) is 11.2. The zero-order valence-electron chi connectivity index (χ0n) is 14.1. The van der Waals surface area contributed by atoms with Crippen molar-refractivity contribution in [1.82, 2.24) is 16.0 Å². The van der Waals surface area contributed by atoms with E-state index in [-0.39, 0.29) is 29.9 Å². The molecule has 1 amide bonds. The fourth-order valence-electron chi connectivity index (χ4n) is 1.80. The summed E-state index contributed by atoms with van der Waals surface area (Å²) < 4.78 is 5.95. The van der Waals surface area contributed by atoms with Crippen molar-refractivity contribution >= 4 is 51.8 Å². The van der Waals surface area contributed by atoms with Crippen LogP contribution < -0.4 is 16.0 Å². The number of carbonyl (C=O) groups is 1. The average Bonchev–Trinajstić information content (AvgIpc) is 2.55. The van der Waals surface area contributed by atoms with Crippen LogP contribution in [0.25, 0.3) is 0 Å². The zero-order chi connectivity index (χ0) is 16.9. The Hall–Kier alpha value is -0.870. The van der Waals surface area contributed by atoms with Gasteiger partial charge in [-0.15, -0.1) is 24.0 Å². The Balaban J connectivity index is 0.00000529. The summed E-state index contributed by atoms with van der Waals surface area (Å²) in [7, 11) is 1.68. The van der Waals surface area contributed by atoms with Gasteiger partial charge in [0.15, 0.2) is 5.96 Å². The van der Waals surface area contributed by atoms with Crippen LogP contribution in [0.4, 0.5) is 0 Å². The molecule has 136 valence electrons. The van der Waals surface area contributed by atoms with E-state index in [0.29, 0.717) is 31.8 Å². The van der Waals surface area contributed by atoms with Crippen molar-refractivity contribution in [3.05, 3.63) is 34.3 Å². The highest BCUT2D eigenvalue weighted by molar-refractivity contribution is 14.0. The standard InChI is InChI=1S/C16H25BrN4O2.HI/c1-3-18-16(20-9-4-12-23-2)21-11-10-19-15(22)13-5-7-14(17)8-6-13;/h5-8H,3-4,9-12H2,1-2H3,(H,19,22)(H2,18,20,21);1H. The number of guanidine groups is 1. The number of nitrogens with zero attached hydrogens (tertiary/aromatic N) is 1. The number of benzene rings is 1. The second kappa shape index (κ2) is 14.5. The molecule has 0 aliphatic carbocycles. The quantitative estimate of drug-likeness (QED) is 0.205. The van der Waals surface area contributed by atoms with Gasteiger partial charge in [0, 0.05) is 49.9 Å². The number of ether oxygens (including phenoxy) is 1. The Bertz CT molecular complexity index is 497. The summed E-state index contributed by atoms with van der Waals surface area (Å²) in [6.45, 7) is 5.35. The van der Waals surface area contributed by atoms with Crippen LogP contribution >= 0.6 is 39.9 Å². The van der Waals surface area contributed by atoms with Gasteiger partial charge < -0.3 is 20.7 Å². The summed E-state index contributed by atoms with van der Waals surface area (Å²) in [5.41, 5.74) is 0.647. The maximum Gasteiger partial charge on any atom is 0.251 e. The van der Waals surface area contributed by atoms with Crippen molar-refractivity contribution in [3.63, 3.8) is 0 Å². The first-order valence-corrected chi connectivity index (χ1v) is 8.51. The lowest BCUT2D eigenvalue weighted by molar-refractivity contribution is 0.0954. The molecule has 1 rings (SSSR count). The van der Waals surface area contributed by atoms with Crippen molar-refractivity contribution in [3.8, 4) is 0 Å². The number of carbonyl (C=O) groups excluding carboxylic acids is 1. The molecule has 0 aliphatic heterocycles. The van der Waals surface area contributed by atoms with Crippen LogP contribution in [0.15, 0.2) is 33.7 Å². The molecule has 0 bridgehead atoms. The Labute approximate surface area is 169 Å². The van der Waals surface area contributed by atoms with E-state index in [1.807, 2.05) is 19.1 Å². The molecule has 0 atom stereocenters. The zero-order valence-corrected chi connectivity index (χ0v) is 18.0. The minimum atomic E-state index is -0.0821. The summed E-state index contributed by atoms with van der Waals surface area (Å²) >= 11 is 3.35. The van der Waals surface area contributed by atoms with Crippen LogP contribution in [0.3, 0.4) is 0 Å². The highest BCUT2D eigenvalue weighted by Crippen LogP contribution is 2.10. The lowest BCUT2D eigenvalue weighted by Crippen LogP contribution is -2.41. The predicted octanol–water partition coefficient (Wildman–Crippen LogP) is 2.39. The van der Waals surface area contributed by atoms with Crippen LogP contribution in [0, 0.1) is 0 Å². The molecule has 0 aliphatic rings. The molecule has 8 heteroatoms. The first kappa shape index (κ1) is 23.1. The molecular weight excluding hydrogens is 487 g/mol. The molecule has 0 saturated heterocycles. The number of hydrogen-bond acceptors (Lipinski definition) is 3. The number of rotatable bonds is 9. The maximum atomic E-state index is 12.0. The fourth-order valence-corrected chi connectivity index (χ4v) is 2.07. The van der Waals surface area contributed by atoms with Crippen molar-refractivity contribution in [2.75, 3.05) is 39.9 Å². The van der Waals surface area contributed by atoms with Crippen LogP contribution in [-0.2, 0) is 4.74 Å². The Morgan fingerprint density at radius 3 is 2.46 bits per heavy atom. The highest BCUT2D eigenvalue weighted by atomic mass is 127. The fraction of sp³-hybridized carbons (Fsp3) is 0.500. The van der Waals surface area contributed by atoms with E-state index in [1.54, 1.807) is 19.2 Å². The molecule has 6 nitrogen and oxygen atoms in total. The molecule has 1 aromatic rings. The average molecular weight is 513 g/mol. The van der Waals surface area contributed by atoms with Gasteiger partial charge in [0.25, 0.3) is 5.91 Å². The summed E-state index contributed by atoms with van der Waals surface area (Å²) in [5.74, 6) is 0.669. The number of amides is 1. The third kappa shape index (κ3) is 10.1. The molecule has 0 radical (unpaired) electrons. The van der Waals surface area contributed by atoms with Gasteiger partial charge in [-0.05, 0) is 37.6 Å². The van der Waals surface area contributed by atoms with Crippen LogP contribution in [-0.4, -0.2) is 51.8 Å².